The summed E-state index contributed by atoms with van der Waals surface area (Å²) in [6, 6.07) is 3.69. The lowest BCUT2D eigenvalue weighted by Crippen LogP contribution is -2.12. The van der Waals surface area contributed by atoms with Gasteiger partial charge in [0.15, 0.2) is 5.78 Å². The maximum absolute atomic E-state index is 11.7. The van der Waals surface area contributed by atoms with E-state index in [0.717, 1.165) is 12.1 Å². The maximum Gasteiger partial charge on any atom is 0.164 e. The van der Waals surface area contributed by atoms with Crippen LogP contribution in [0.15, 0.2) is 18.3 Å². The monoisotopic (exact) mass is 206 g/mol. The van der Waals surface area contributed by atoms with Crippen molar-refractivity contribution in [3.8, 4) is 0 Å². The van der Waals surface area contributed by atoms with Crippen molar-refractivity contribution in [1.29, 1.82) is 0 Å². The molecular formula is C12H18N2O. The number of aryl methyl sites for hydroxylation is 1. The summed E-state index contributed by atoms with van der Waals surface area (Å²) in [6.45, 7) is 4.60. The predicted octanol–water partition coefficient (Wildman–Crippen LogP) is 1.95. The van der Waals surface area contributed by atoms with E-state index in [1.807, 2.05) is 19.1 Å². The van der Waals surface area contributed by atoms with Gasteiger partial charge in [0.05, 0.1) is 0 Å². The van der Waals surface area contributed by atoms with Gasteiger partial charge in [-0.25, -0.2) is 0 Å². The van der Waals surface area contributed by atoms with E-state index < -0.39 is 0 Å². The largest absolute Gasteiger partial charge is 0.330 e. The molecule has 3 heteroatoms. The summed E-state index contributed by atoms with van der Waals surface area (Å²) in [5, 5.41) is 0. The highest BCUT2D eigenvalue weighted by molar-refractivity contribution is 5.95. The quantitative estimate of drug-likeness (QED) is 0.749. The van der Waals surface area contributed by atoms with Crippen molar-refractivity contribution in [2.24, 2.45) is 11.7 Å². The molecular weight excluding hydrogens is 188 g/mol. The van der Waals surface area contributed by atoms with E-state index in [2.05, 4.69) is 11.9 Å². The molecule has 1 aromatic rings. The number of carbonyl (C=O) groups is 1. The molecule has 1 heterocycles. The van der Waals surface area contributed by atoms with Gasteiger partial charge in [-0.3, -0.25) is 9.78 Å². The number of Topliss-reactive ketones (excluding diaryl/α,β-unsaturated/α-hetero) is 1. The maximum atomic E-state index is 11.7. The van der Waals surface area contributed by atoms with Gasteiger partial charge in [0.25, 0.3) is 0 Å². The van der Waals surface area contributed by atoms with Gasteiger partial charge in [0.2, 0.25) is 0 Å². The van der Waals surface area contributed by atoms with E-state index in [1.54, 1.807) is 6.20 Å². The zero-order valence-corrected chi connectivity index (χ0v) is 9.36. The Labute approximate surface area is 90.7 Å². The lowest BCUT2D eigenvalue weighted by atomic mass is 10.0. The standard InChI is InChI=1S/C12H18N2O/c1-9(7-13)3-6-12(15)11-5-4-10(2)14-8-11/h4-5,8-9H,3,6-7,13H2,1-2H3. The Morgan fingerprint density at radius 3 is 2.80 bits per heavy atom. The molecule has 2 N–H and O–H groups in total. The molecule has 1 aromatic heterocycles. The van der Waals surface area contributed by atoms with Gasteiger partial charge in [0, 0.05) is 23.9 Å². The van der Waals surface area contributed by atoms with E-state index in [4.69, 9.17) is 5.73 Å². The zero-order valence-electron chi connectivity index (χ0n) is 9.36. The van der Waals surface area contributed by atoms with Crippen LogP contribution in [-0.4, -0.2) is 17.3 Å². The second-order valence-electron chi connectivity index (χ2n) is 3.99. The number of hydrogen-bond acceptors (Lipinski definition) is 3. The molecule has 0 aliphatic heterocycles. The fraction of sp³-hybridized carbons (Fsp3) is 0.500. The molecule has 0 spiro atoms. The fourth-order valence-corrected chi connectivity index (χ4v) is 1.27. The van der Waals surface area contributed by atoms with Crippen LogP contribution < -0.4 is 5.73 Å². The minimum absolute atomic E-state index is 0.155. The van der Waals surface area contributed by atoms with Crippen LogP contribution in [0.2, 0.25) is 0 Å². The minimum Gasteiger partial charge on any atom is -0.330 e. The molecule has 15 heavy (non-hydrogen) atoms. The minimum atomic E-state index is 0.155. The second-order valence-corrected chi connectivity index (χ2v) is 3.99. The van der Waals surface area contributed by atoms with Crippen molar-refractivity contribution < 1.29 is 4.79 Å². The van der Waals surface area contributed by atoms with Crippen molar-refractivity contribution in [2.45, 2.75) is 26.7 Å². The SMILES string of the molecule is Cc1ccc(C(=O)CCC(C)CN)cn1. The topological polar surface area (TPSA) is 56.0 Å². The third kappa shape index (κ3) is 3.80. The third-order valence-corrected chi connectivity index (χ3v) is 2.50. The molecule has 82 valence electrons. The van der Waals surface area contributed by atoms with Crippen LogP contribution in [-0.2, 0) is 0 Å². The number of pyridine rings is 1. The van der Waals surface area contributed by atoms with Crippen LogP contribution >= 0.6 is 0 Å². The summed E-state index contributed by atoms with van der Waals surface area (Å²) in [6.07, 6.45) is 3.05. The molecule has 0 fully saturated rings. The Kier molecular flexibility index (Phi) is 4.43. The molecule has 0 saturated carbocycles. The summed E-state index contributed by atoms with van der Waals surface area (Å²) in [7, 11) is 0. The average molecular weight is 206 g/mol. The third-order valence-electron chi connectivity index (χ3n) is 2.50. The van der Waals surface area contributed by atoms with E-state index in [1.165, 1.54) is 0 Å². The average Bonchev–Trinajstić information content (AvgIpc) is 2.26. The number of rotatable bonds is 5. The van der Waals surface area contributed by atoms with Crippen LogP contribution in [0.25, 0.3) is 0 Å². The predicted molar refractivity (Wildman–Crippen MR) is 60.8 cm³/mol. The summed E-state index contributed by atoms with van der Waals surface area (Å²) < 4.78 is 0. The molecule has 0 saturated heterocycles. The lowest BCUT2D eigenvalue weighted by molar-refractivity contribution is 0.0974. The number of nitrogens with two attached hydrogens (primary N) is 1. The van der Waals surface area contributed by atoms with E-state index in [9.17, 15) is 4.79 Å². The van der Waals surface area contributed by atoms with Gasteiger partial charge >= 0.3 is 0 Å². The lowest BCUT2D eigenvalue weighted by Gasteiger charge is -2.06. The summed E-state index contributed by atoms with van der Waals surface area (Å²) in [4.78, 5) is 15.8. The van der Waals surface area contributed by atoms with Crippen molar-refractivity contribution in [2.75, 3.05) is 6.54 Å². The van der Waals surface area contributed by atoms with Crippen LogP contribution in [0.5, 0.6) is 0 Å². The van der Waals surface area contributed by atoms with Crippen molar-refractivity contribution in [1.82, 2.24) is 4.98 Å². The smallest absolute Gasteiger partial charge is 0.164 e. The van der Waals surface area contributed by atoms with Crippen molar-refractivity contribution in [3.05, 3.63) is 29.6 Å². The van der Waals surface area contributed by atoms with Gasteiger partial charge in [-0.15, -0.1) is 0 Å². The molecule has 0 aliphatic rings. The Morgan fingerprint density at radius 1 is 1.53 bits per heavy atom. The number of carbonyl (C=O) groups excluding carboxylic acids is 1. The number of nitrogens with zero attached hydrogens (tertiary/aromatic N) is 1. The summed E-state index contributed by atoms with van der Waals surface area (Å²) in [5.74, 6) is 0.565. The molecule has 1 unspecified atom stereocenters. The first-order chi connectivity index (χ1) is 7.13. The first kappa shape index (κ1) is 11.9. The number of ketones is 1. The van der Waals surface area contributed by atoms with Crippen LogP contribution in [0.1, 0.15) is 35.8 Å². The highest BCUT2D eigenvalue weighted by Crippen LogP contribution is 2.09. The molecule has 1 rings (SSSR count). The van der Waals surface area contributed by atoms with Gasteiger partial charge in [-0.2, -0.15) is 0 Å². The van der Waals surface area contributed by atoms with Gasteiger partial charge in [-0.05, 0) is 37.9 Å². The first-order valence-electron chi connectivity index (χ1n) is 5.29. The normalized spacial score (nSPS) is 12.5. The number of hydrogen-bond donors (Lipinski definition) is 1. The van der Waals surface area contributed by atoms with E-state index in [0.29, 0.717) is 24.4 Å². The molecule has 0 radical (unpaired) electrons. The Hall–Kier alpha value is -1.22. The zero-order chi connectivity index (χ0) is 11.3. The molecule has 0 aromatic carbocycles. The summed E-state index contributed by atoms with van der Waals surface area (Å²) in [5.41, 5.74) is 7.12. The van der Waals surface area contributed by atoms with Crippen LogP contribution in [0.3, 0.4) is 0 Å². The van der Waals surface area contributed by atoms with Crippen molar-refractivity contribution >= 4 is 5.78 Å². The van der Waals surface area contributed by atoms with Gasteiger partial charge < -0.3 is 5.73 Å². The van der Waals surface area contributed by atoms with Gasteiger partial charge in [-0.1, -0.05) is 6.92 Å². The van der Waals surface area contributed by atoms with Crippen LogP contribution in [0, 0.1) is 12.8 Å². The first-order valence-corrected chi connectivity index (χ1v) is 5.29. The number of aromatic nitrogens is 1. The van der Waals surface area contributed by atoms with Crippen LogP contribution in [0.4, 0.5) is 0 Å². The summed E-state index contributed by atoms with van der Waals surface area (Å²) >= 11 is 0. The van der Waals surface area contributed by atoms with Gasteiger partial charge in [0.1, 0.15) is 0 Å². The highest BCUT2D eigenvalue weighted by Gasteiger charge is 2.08. The molecule has 0 amide bonds. The Morgan fingerprint density at radius 2 is 2.27 bits per heavy atom. The van der Waals surface area contributed by atoms with Crippen molar-refractivity contribution in [3.63, 3.8) is 0 Å². The molecule has 0 bridgehead atoms. The second kappa shape index (κ2) is 5.61. The van der Waals surface area contributed by atoms with E-state index >= 15 is 0 Å². The molecule has 1 atom stereocenters. The molecule has 3 nitrogen and oxygen atoms in total. The van der Waals surface area contributed by atoms with E-state index in [-0.39, 0.29) is 5.78 Å². The molecule has 0 aliphatic carbocycles. The Balaban J connectivity index is 2.50. The fourth-order valence-electron chi connectivity index (χ4n) is 1.27. The highest BCUT2D eigenvalue weighted by atomic mass is 16.1. The Bertz CT molecular complexity index is 319.